The van der Waals surface area contributed by atoms with E-state index in [1.165, 1.54) is 12.8 Å². The van der Waals surface area contributed by atoms with Gasteiger partial charge in [0.05, 0.1) is 5.56 Å². The van der Waals surface area contributed by atoms with Crippen molar-refractivity contribution in [2.45, 2.75) is 65.2 Å². The first kappa shape index (κ1) is 15.7. The topological polar surface area (TPSA) is 50.2 Å². The van der Waals surface area contributed by atoms with E-state index in [2.05, 4.69) is 18.8 Å². The number of carboxylic acids is 1. The third kappa shape index (κ3) is 5.01. The fraction of sp³-hybridized carbons (Fsp3) is 0.625. The molecule has 1 N–H and O–H groups in total. The number of pyridine rings is 1. The molecule has 0 fully saturated rings. The monoisotopic (exact) mass is 263 g/mol. The zero-order valence-corrected chi connectivity index (χ0v) is 12.1. The smallest absolute Gasteiger partial charge is 0.336 e. The minimum absolute atomic E-state index is 0.442. The van der Waals surface area contributed by atoms with Crippen molar-refractivity contribution < 1.29 is 9.90 Å². The van der Waals surface area contributed by atoms with E-state index in [1.807, 2.05) is 0 Å². The first-order chi connectivity index (χ1) is 9.20. The summed E-state index contributed by atoms with van der Waals surface area (Å²) in [6, 6.07) is 1.63. The van der Waals surface area contributed by atoms with Crippen molar-refractivity contribution in [3.8, 4) is 0 Å². The van der Waals surface area contributed by atoms with Gasteiger partial charge in [-0.15, -0.1) is 0 Å². The first-order valence-corrected chi connectivity index (χ1v) is 7.40. The molecule has 0 bridgehead atoms. The summed E-state index contributed by atoms with van der Waals surface area (Å²) >= 11 is 0. The number of aryl methyl sites for hydroxylation is 1. The summed E-state index contributed by atoms with van der Waals surface area (Å²) in [4.78, 5) is 15.7. The Morgan fingerprint density at radius 2 is 1.74 bits per heavy atom. The van der Waals surface area contributed by atoms with Crippen molar-refractivity contribution >= 4 is 5.97 Å². The van der Waals surface area contributed by atoms with Crippen LogP contribution in [0.3, 0.4) is 0 Å². The van der Waals surface area contributed by atoms with Crippen LogP contribution in [0.5, 0.6) is 0 Å². The molecule has 0 aliphatic heterocycles. The lowest BCUT2D eigenvalue weighted by atomic mass is 9.97. The predicted molar refractivity (Wildman–Crippen MR) is 77.7 cm³/mol. The van der Waals surface area contributed by atoms with Gasteiger partial charge in [-0.3, -0.25) is 4.98 Å². The lowest BCUT2D eigenvalue weighted by molar-refractivity contribution is 0.0695. The van der Waals surface area contributed by atoms with Crippen LogP contribution in [-0.2, 0) is 12.8 Å². The van der Waals surface area contributed by atoms with Gasteiger partial charge >= 0.3 is 5.97 Å². The number of hydrogen-bond donors (Lipinski definition) is 1. The van der Waals surface area contributed by atoms with Crippen LogP contribution in [0.4, 0.5) is 0 Å². The second-order valence-corrected chi connectivity index (χ2v) is 5.00. The van der Waals surface area contributed by atoms with E-state index in [-0.39, 0.29) is 0 Å². The van der Waals surface area contributed by atoms with Crippen molar-refractivity contribution in [3.05, 3.63) is 29.1 Å². The van der Waals surface area contributed by atoms with Gasteiger partial charge in [0.25, 0.3) is 0 Å². The molecule has 3 nitrogen and oxygen atoms in total. The number of aromatic nitrogens is 1. The molecule has 0 aliphatic carbocycles. The lowest BCUT2D eigenvalue weighted by Crippen LogP contribution is -2.08. The summed E-state index contributed by atoms with van der Waals surface area (Å²) in [6.07, 6.45) is 10.1. The van der Waals surface area contributed by atoms with Crippen LogP contribution in [-0.4, -0.2) is 16.1 Å². The van der Waals surface area contributed by atoms with Crippen LogP contribution in [0.1, 0.15) is 74.0 Å². The van der Waals surface area contributed by atoms with Gasteiger partial charge in [0, 0.05) is 11.9 Å². The van der Waals surface area contributed by atoms with E-state index in [4.69, 9.17) is 0 Å². The highest BCUT2D eigenvalue weighted by molar-refractivity contribution is 5.89. The quantitative estimate of drug-likeness (QED) is 0.678. The third-order valence-electron chi connectivity index (χ3n) is 3.42. The second kappa shape index (κ2) is 8.68. The van der Waals surface area contributed by atoms with Gasteiger partial charge in [-0.2, -0.15) is 0 Å². The molecule has 0 aliphatic rings. The zero-order chi connectivity index (χ0) is 14.1. The van der Waals surface area contributed by atoms with E-state index < -0.39 is 5.97 Å². The van der Waals surface area contributed by atoms with Gasteiger partial charge in [0.2, 0.25) is 0 Å². The highest BCUT2D eigenvalue weighted by Crippen LogP contribution is 2.18. The molecule has 0 aromatic carbocycles. The van der Waals surface area contributed by atoms with E-state index >= 15 is 0 Å². The summed E-state index contributed by atoms with van der Waals surface area (Å²) in [6.45, 7) is 4.33. The maximum absolute atomic E-state index is 11.3. The van der Waals surface area contributed by atoms with Crippen molar-refractivity contribution in [1.29, 1.82) is 0 Å². The summed E-state index contributed by atoms with van der Waals surface area (Å²) in [7, 11) is 0. The second-order valence-electron chi connectivity index (χ2n) is 5.00. The molecule has 0 atom stereocenters. The number of unbranched alkanes of at least 4 members (excludes halogenated alkanes) is 4. The molecule has 1 heterocycles. The van der Waals surface area contributed by atoms with Crippen LogP contribution in [0.25, 0.3) is 0 Å². The number of rotatable bonds is 9. The standard InChI is InChI=1S/C16H25NO2/c1-3-5-7-9-13-14(16(18)19)11-12-17-15(13)10-8-6-4-2/h11-12H,3-10H2,1-2H3,(H,18,19). The number of carboxylic acid groups (broad SMARTS) is 1. The Morgan fingerprint density at radius 3 is 2.32 bits per heavy atom. The van der Waals surface area contributed by atoms with Crippen molar-refractivity contribution in [2.75, 3.05) is 0 Å². The minimum atomic E-state index is -0.828. The highest BCUT2D eigenvalue weighted by Gasteiger charge is 2.14. The van der Waals surface area contributed by atoms with Gasteiger partial charge in [0.15, 0.2) is 0 Å². The van der Waals surface area contributed by atoms with E-state index in [0.717, 1.165) is 49.8 Å². The minimum Gasteiger partial charge on any atom is -0.478 e. The van der Waals surface area contributed by atoms with Gasteiger partial charge in [-0.1, -0.05) is 39.5 Å². The van der Waals surface area contributed by atoms with Gasteiger partial charge < -0.3 is 5.11 Å². The lowest BCUT2D eigenvalue weighted by Gasteiger charge is -2.11. The van der Waals surface area contributed by atoms with E-state index in [1.54, 1.807) is 12.3 Å². The largest absolute Gasteiger partial charge is 0.478 e. The Hall–Kier alpha value is -1.38. The Balaban J connectivity index is 2.86. The zero-order valence-electron chi connectivity index (χ0n) is 12.1. The molecule has 0 spiro atoms. The van der Waals surface area contributed by atoms with Crippen LogP contribution < -0.4 is 0 Å². The highest BCUT2D eigenvalue weighted by atomic mass is 16.4. The fourth-order valence-corrected chi connectivity index (χ4v) is 2.32. The molecule has 3 heteroatoms. The van der Waals surface area contributed by atoms with Crippen molar-refractivity contribution in [2.24, 2.45) is 0 Å². The fourth-order valence-electron chi connectivity index (χ4n) is 2.32. The Morgan fingerprint density at radius 1 is 1.11 bits per heavy atom. The SMILES string of the molecule is CCCCCc1nccc(C(=O)O)c1CCCCC. The number of aromatic carboxylic acids is 1. The maximum atomic E-state index is 11.3. The third-order valence-corrected chi connectivity index (χ3v) is 3.42. The van der Waals surface area contributed by atoms with Crippen LogP contribution in [0.15, 0.2) is 12.3 Å². The Bertz CT molecular complexity index is 402. The average molecular weight is 263 g/mol. The molecule has 0 amide bonds. The number of carbonyl (C=O) groups is 1. The summed E-state index contributed by atoms with van der Waals surface area (Å²) in [5.74, 6) is -0.828. The van der Waals surface area contributed by atoms with E-state index in [0.29, 0.717) is 5.56 Å². The van der Waals surface area contributed by atoms with Gasteiger partial charge in [-0.25, -0.2) is 4.79 Å². The molecule has 1 aromatic rings. The first-order valence-electron chi connectivity index (χ1n) is 7.40. The normalized spacial score (nSPS) is 10.6. The Labute approximate surface area is 116 Å². The summed E-state index contributed by atoms with van der Waals surface area (Å²) in [5, 5.41) is 9.29. The summed E-state index contributed by atoms with van der Waals surface area (Å²) < 4.78 is 0. The van der Waals surface area contributed by atoms with Gasteiger partial charge in [-0.05, 0) is 37.3 Å². The molecule has 1 rings (SSSR count). The van der Waals surface area contributed by atoms with Gasteiger partial charge in [0.1, 0.15) is 0 Å². The van der Waals surface area contributed by atoms with Crippen molar-refractivity contribution in [1.82, 2.24) is 4.98 Å². The van der Waals surface area contributed by atoms with Crippen molar-refractivity contribution in [3.63, 3.8) is 0 Å². The molecule has 19 heavy (non-hydrogen) atoms. The molecule has 0 unspecified atom stereocenters. The average Bonchev–Trinajstić information content (AvgIpc) is 2.40. The molecular formula is C16H25NO2. The van der Waals surface area contributed by atoms with Crippen LogP contribution >= 0.6 is 0 Å². The van der Waals surface area contributed by atoms with Crippen LogP contribution in [0.2, 0.25) is 0 Å². The molecule has 0 saturated heterocycles. The molecule has 0 saturated carbocycles. The van der Waals surface area contributed by atoms with E-state index in [9.17, 15) is 9.90 Å². The predicted octanol–water partition coefficient (Wildman–Crippen LogP) is 4.25. The number of hydrogen-bond acceptors (Lipinski definition) is 2. The maximum Gasteiger partial charge on any atom is 0.336 e. The van der Waals surface area contributed by atoms with Crippen LogP contribution in [0, 0.1) is 0 Å². The molecule has 0 radical (unpaired) electrons. The molecule has 1 aromatic heterocycles. The molecular weight excluding hydrogens is 238 g/mol. The Kier molecular flexibility index (Phi) is 7.16. The summed E-state index contributed by atoms with van der Waals surface area (Å²) in [5.41, 5.74) is 2.39. The number of nitrogens with zero attached hydrogens (tertiary/aromatic N) is 1. The molecule has 106 valence electrons.